The summed E-state index contributed by atoms with van der Waals surface area (Å²) >= 11 is 0. The van der Waals surface area contributed by atoms with Crippen LogP contribution >= 0.6 is 0 Å². The van der Waals surface area contributed by atoms with Crippen LogP contribution in [-0.4, -0.2) is 40.2 Å². The largest absolute Gasteiger partial charge is 0.431 e. The van der Waals surface area contributed by atoms with Gasteiger partial charge in [-0.25, -0.2) is 0 Å². The summed E-state index contributed by atoms with van der Waals surface area (Å²) in [6.07, 6.45) is 1.15. The fourth-order valence-corrected chi connectivity index (χ4v) is 51.5. The third kappa shape index (κ3) is 2.01. The molecule has 9 heavy (non-hydrogen) atoms. The van der Waals surface area contributed by atoms with E-state index in [1.165, 1.54) is 0 Å². The van der Waals surface area contributed by atoms with Gasteiger partial charge >= 0.3 is 0 Å². The van der Waals surface area contributed by atoms with Crippen LogP contribution in [0.3, 0.4) is 0 Å². The molecule has 0 aromatic heterocycles. The lowest BCUT2D eigenvalue weighted by Crippen LogP contribution is -2.51. The summed E-state index contributed by atoms with van der Waals surface area (Å²) in [7, 11) is 0.146. The third-order valence-corrected chi connectivity index (χ3v) is 39.8. The molecular formula is C4H14OSi4. The van der Waals surface area contributed by atoms with Gasteiger partial charge in [-0.05, 0) is 0 Å². The highest BCUT2D eigenvalue weighted by molar-refractivity contribution is 7.54. The number of rotatable bonds is 1. The van der Waals surface area contributed by atoms with Crippen molar-refractivity contribution in [1.29, 1.82) is 0 Å². The summed E-state index contributed by atoms with van der Waals surface area (Å²) in [6, 6.07) is 0. The van der Waals surface area contributed by atoms with Crippen molar-refractivity contribution in [3.05, 3.63) is 12.3 Å². The Hall–Kier alpha value is 0.568. The Balaban J connectivity index is 2.46. The van der Waals surface area contributed by atoms with Gasteiger partial charge in [0.1, 0.15) is 9.28 Å². The Bertz CT molecular complexity index is 109. The van der Waals surface area contributed by atoms with Crippen molar-refractivity contribution < 1.29 is 4.43 Å². The lowest BCUT2D eigenvalue weighted by Gasteiger charge is -2.26. The van der Waals surface area contributed by atoms with E-state index in [1.54, 1.807) is 0 Å². The summed E-state index contributed by atoms with van der Waals surface area (Å²) in [5, 5.41) is 0. The Kier molecular flexibility index (Phi) is 2.65. The summed E-state index contributed by atoms with van der Waals surface area (Å²) in [5.41, 5.74) is 2.26. The number of hydrogen-bond donors (Lipinski definition) is 0. The van der Waals surface area contributed by atoms with Crippen molar-refractivity contribution in [2.75, 3.05) is 6.23 Å². The molecule has 0 bridgehead atoms. The minimum atomic E-state index is -0.834. The first kappa shape index (κ1) is 7.67. The highest BCUT2D eigenvalue weighted by atomic mass is 29.7. The van der Waals surface area contributed by atoms with Gasteiger partial charge in [0.25, 0.3) is 0 Å². The first-order valence-corrected chi connectivity index (χ1v) is 17.2. The van der Waals surface area contributed by atoms with Crippen LogP contribution < -0.4 is 0 Å². The van der Waals surface area contributed by atoms with E-state index in [2.05, 4.69) is 18.8 Å². The molecule has 1 aliphatic heterocycles. The van der Waals surface area contributed by atoms with Crippen molar-refractivity contribution in [3.8, 4) is 0 Å². The van der Waals surface area contributed by atoms with E-state index >= 15 is 0 Å². The van der Waals surface area contributed by atoms with Crippen molar-refractivity contribution in [3.63, 3.8) is 0 Å². The molecule has 1 unspecified atom stereocenters. The number of hydrogen-bond acceptors (Lipinski definition) is 1. The molecule has 0 amide bonds. The minimum absolute atomic E-state index is 0.118. The lowest BCUT2D eigenvalue weighted by molar-refractivity contribution is 0.415. The van der Waals surface area contributed by atoms with Crippen molar-refractivity contribution in [2.45, 2.75) is 6.55 Å². The van der Waals surface area contributed by atoms with Crippen molar-refractivity contribution in [1.82, 2.24) is 0 Å². The standard InChI is InChI=1S/C4H14OSi4/c1-3-9(2)4-5-6-7-8-9/h3H,1,4,6-8H2,2H3. The van der Waals surface area contributed by atoms with E-state index in [1.807, 2.05) is 0 Å². The molecular weight excluding hydrogens is 176 g/mol. The maximum absolute atomic E-state index is 5.60. The van der Waals surface area contributed by atoms with Gasteiger partial charge in [0.15, 0.2) is 0 Å². The molecule has 0 N–H and O–H groups in total. The maximum atomic E-state index is 5.60. The van der Waals surface area contributed by atoms with E-state index in [4.69, 9.17) is 4.43 Å². The average molecular weight is 190 g/mol. The van der Waals surface area contributed by atoms with E-state index < -0.39 is 7.59 Å². The molecule has 1 rings (SSSR count). The highest BCUT2D eigenvalue weighted by Crippen LogP contribution is 2.04. The van der Waals surface area contributed by atoms with Gasteiger partial charge in [-0.2, -0.15) is 0 Å². The molecule has 0 radical (unpaired) electrons. The van der Waals surface area contributed by atoms with Crippen LogP contribution in [0.15, 0.2) is 12.3 Å². The SMILES string of the molecule is C=C[Si]1(C)CO[SiH2][SiH2][SiH2]1. The van der Waals surface area contributed by atoms with Gasteiger partial charge in [0, 0.05) is 23.3 Å². The Morgan fingerprint density at radius 2 is 2.56 bits per heavy atom. The van der Waals surface area contributed by atoms with E-state index in [0.717, 1.165) is 6.23 Å². The van der Waals surface area contributed by atoms with Gasteiger partial charge in [-0.3, -0.25) is 0 Å². The molecule has 52 valence electrons. The summed E-state index contributed by atoms with van der Waals surface area (Å²) < 4.78 is 5.60. The normalized spacial score (nSPS) is 44.1. The van der Waals surface area contributed by atoms with E-state index in [-0.39, 0.29) is 9.28 Å². The van der Waals surface area contributed by atoms with Gasteiger partial charge in [-0.15, -0.1) is 12.3 Å². The van der Waals surface area contributed by atoms with Crippen LogP contribution in [0.2, 0.25) is 6.55 Å². The van der Waals surface area contributed by atoms with Crippen LogP contribution in [0, 0.1) is 0 Å². The molecule has 1 atom stereocenters. The lowest BCUT2D eigenvalue weighted by atomic mass is 11.3. The third-order valence-electron chi connectivity index (χ3n) is 1.96. The van der Waals surface area contributed by atoms with Crippen LogP contribution in [0.1, 0.15) is 0 Å². The predicted octanol–water partition coefficient (Wildman–Crippen LogP) is -1.89. The second-order valence-corrected chi connectivity index (χ2v) is 29.6. The predicted molar refractivity (Wildman–Crippen MR) is 53.4 cm³/mol. The monoisotopic (exact) mass is 190 g/mol. The van der Waals surface area contributed by atoms with Crippen LogP contribution in [-0.2, 0) is 4.43 Å². The first-order valence-electron chi connectivity index (χ1n) is 3.48. The molecule has 1 saturated heterocycles. The van der Waals surface area contributed by atoms with Crippen LogP contribution in [0.5, 0.6) is 0 Å². The Morgan fingerprint density at radius 3 is 2.89 bits per heavy atom. The van der Waals surface area contributed by atoms with E-state index in [0.29, 0.717) is 17.1 Å². The van der Waals surface area contributed by atoms with Gasteiger partial charge in [-0.1, -0.05) is 6.55 Å². The molecule has 1 nitrogen and oxygen atoms in total. The Morgan fingerprint density at radius 1 is 1.78 bits per heavy atom. The quantitative estimate of drug-likeness (QED) is 0.440. The zero-order valence-electron chi connectivity index (χ0n) is 6.02. The first-order chi connectivity index (χ1) is 4.27. The van der Waals surface area contributed by atoms with Crippen molar-refractivity contribution >= 4 is 34.0 Å². The van der Waals surface area contributed by atoms with Crippen LogP contribution in [0.25, 0.3) is 0 Å². The molecule has 0 aromatic carbocycles. The summed E-state index contributed by atoms with van der Waals surface area (Å²) in [4.78, 5) is 0. The molecule has 0 aromatic rings. The molecule has 0 spiro atoms. The zero-order chi connectivity index (χ0) is 6.74. The van der Waals surface area contributed by atoms with Gasteiger partial charge < -0.3 is 4.43 Å². The molecule has 1 heterocycles. The fourth-order valence-electron chi connectivity index (χ4n) is 1.12. The summed E-state index contributed by atoms with van der Waals surface area (Å²) in [5.74, 6) is 0. The Labute approximate surface area is 63.8 Å². The minimum Gasteiger partial charge on any atom is -0.431 e. The molecule has 5 heteroatoms. The maximum Gasteiger partial charge on any atom is 0.139 e. The van der Waals surface area contributed by atoms with Crippen LogP contribution in [0.4, 0.5) is 0 Å². The second kappa shape index (κ2) is 3.11. The average Bonchev–Trinajstić information content (AvgIpc) is 1.90. The second-order valence-electron chi connectivity index (χ2n) is 3.01. The molecule has 0 aliphatic carbocycles. The summed E-state index contributed by atoms with van der Waals surface area (Å²) in [6.45, 7) is 6.36. The molecule has 1 fully saturated rings. The van der Waals surface area contributed by atoms with Crippen molar-refractivity contribution in [2.24, 2.45) is 0 Å². The van der Waals surface area contributed by atoms with Gasteiger partial charge in [0.2, 0.25) is 0 Å². The topological polar surface area (TPSA) is 9.23 Å². The smallest absolute Gasteiger partial charge is 0.139 e. The van der Waals surface area contributed by atoms with Gasteiger partial charge in [0.05, 0.1) is 7.59 Å². The fraction of sp³-hybridized carbons (Fsp3) is 0.500. The molecule has 0 saturated carbocycles. The molecule has 1 aliphatic rings. The zero-order valence-corrected chi connectivity index (χ0v) is 11.3. The van der Waals surface area contributed by atoms with E-state index in [9.17, 15) is 0 Å². The highest BCUT2D eigenvalue weighted by Gasteiger charge is 2.26.